The summed E-state index contributed by atoms with van der Waals surface area (Å²) in [6.07, 6.45) is -0.967. The van der Waals surface area contributed by atoms with Gasteiger partial charge in [-0.3, -0.25) is 9.59 Å². The van der Waals surface area contributed by atoms with Gasteiger partial charge in [0.15, 0.2) is 12.1 Å². The molecule has 2 aromatic carbocycles. The van der Waals surface area contributed by atoms with Gasteiger partial charge in [0.2, 0.25) is 12.3 Å². The van der Waals surface area contributed by atoms with Gasteiger partial charge in [-0.1, -0.05) is 60.7 Å². The Labute approximate surface area is 218 Å². The van der Waals surface area contributed by atoms with Crippen LogP contribution in [-0.4, -0.2) is 83.5 Å². The van der Waals surface area contributed by atoms with Gasteiger partial charge in [-0.25, -0.2) is 9.59 Å². The van der Waals surface area contributed by atoms with E-state index in [1.807, 2.05) is 60.7 Å². The fourth-order valence-corrected chi connectivity index (χ4v) is 5.39. The number of amides is 3. The van der Waals surface area contributed by atoms with E-state index in [-0.39, 0.29) is 19.8 Å². The zero-order valence-electron chi connectivity index (χ0n) is 20.1. The summed E-state index contributed by atoms with van der Waals surface area (Å²) in [5.74, 6) is -1.12. The average molecular weight is 526 g/mol. The molecule has 2 aliphatic heterocycles. The van der Waals surface area contributed by atoms with E-state index >= 15 is 0 Å². The van der Waals surface area contributed by atoms with Gasteiger partial charge in [0.1, 0.15) is 18.0 Å². The predicted octanol–water partition coefficient (Wildman–Crippen LogP) is 1.66. The molecule has 11 heteroatoms. The highest BCUT2D eigenvalue weighted by atomic mass is 32.2. The number of aliphatic hydroxyl groups excluding tert-OH is 1. The number of rotatable bonds is 10. The molecule has 2 aromatic rings. The minimum Gasteiger partial charge on any atom is -0.451 e. The molecule has 3 atom stereocenters. The van der Waals surface area contributed by atoms with Crippen molar-refractivity contribution in [3.05, 3.63) is 82.8 Å². The van der Waals surface area contributed by atoms with Crippen molar-refractivity contribution in [3.63, 3.8) is 0 Å². The van der Waals surface area contributed by atoms with Gasteiger partial charge >= 0.3 is 12.1 Å². The van der Waals surface area contributed by atoms with E-state index in [2.05, 4.69) is 5.32 Å². The quantitative estimate of drug-likeness (QED) is 0.273. The smallest absolute Gasteiger partial charge is 0.409 e. The number of nitrogens with one attached hydrogen (secondary N) is 1. The van der Waals surface area contributed by atoms with Crippen molar-refractivity contribution in [3.8, 4) is 0 Å². The molecule has 3 amide bonds. The third-order valence-electron chi connectivity index (χ3n) is 6.09. The summed E-state index contributed by atoms with van der Waals surface area (Å²) in [7, 11) is 1.48. The molecule has 0 aromatic heterocycles. The van der Waals surface area contributed by atoms with Crippen LogP contribution in [0.3, 0.4) is 0 Å². The molecule has 37 heavy (non-hydrogen) atoms. The van der Waals surface area contributed by atoms with Crippen molar-refractivity contribution in [1.82, 2.24) is 15.1 Å². The SMILES string of the molecule is CN(CCO)C(=O)OCC1=CS[C@@H]2[C@H](NC=O)C(=O)N2C1C(=O)OC(c1ccccc1)c1ccccc1. The lowest BCUT2D eigenvalue weighted by molar-refractivity contribution is -0.165. The van der Waals surface area contributed by atoms with Crippen LogP contribution < -0.4 is 5.32 Å². The van der Waals surface area contributed by atoms with Crippen LogP contribution in [0.4, 0.5) is 4.79 Å². The van der Waals surface area contributed by atoms with Crippen molar-refractivity contribution < 1.29 is 33.8 Å². The minimum atomic E-state index is -1.14. The number of thioether (sulfide) groups is 1. The van der Waals surface area contributed by atoms with Crippen LogP contribution in [0.25, 0.3) is 0 Å². The van der Waals surface area contributed by atoms with Crippen molar-refractivity contribution in [1.29, 1.82) is 0 Å². The van der Waals surface area contributed by atoms with E-state index in [4.69, 9.17) is 14.6 Å². The number of aliphatic hydroxyl groups is 1. The molecule has 1 saturated heterocycles. The summed E-state index contributed by atoms with van der Waals surface area (Å²) in [6, 6.07) is 16.6. The van der Waals surface area contributed by atoms with Crippen LogP contribution in [0, 0.1) is 0 Å². The van der Waals surface area contributed by atoms with Crippen LogP contribution in [0.15, 0.2) is 71.6 Å². The highest BCUT2D eigenvalue weighted by molar-refractivity contribution is 8.02. The molecule has 10 nitrogen and oxygen atoms in total. The second-order valence-corrected chi connectivity index (χ2v) is 9.46. The molecular weight excluding hydrogens is 498 g/mol. The first-order valence-electron chi connectivity index (χ1n) is 11.6. The number of fused-ring (bicyclic) bond motifs is 1. The number of hydrogen-bond acceptors (Lipinski definition) is 8. The average Bonchev–Trinajstić information content (AvgIpc) is 2.93. The Balaban J connectivity index is 1.60. The molecule has 0 spiro atoms. The topological polar surface area (TPSA) is 125 Å². The maximum atomic E-state index is 13.7. The van der Waals surface area contributed by atoms with Crippen LogP contribution >= 0.6 is 11.8 Å². The summed E-state index contributed by atoms with van der Waals surface area (Å²) in [4.78, 5) is 52.4. The lowest BCUT2D eigenvalue weighted by Gasteiger charge is -2.51. The second-order valence-electron chi connectivity index (χ2n) is 8.47. The maximum Gasteiger partial charge on any atom is 0.409 e. The number of likely N-dealkylation sites (N-methyl/N-ethyl adjacent to an activating group) is 1. The zero-order chi connectivity index (χ0) is 26.4. The van der Waals surface area contributed by atoms with Gasteiger partial charge < -0.3 is 29.7 Å². The van der Waals surface area contributed by atoms with Gasteiger partial charge in [0, 0.05) is 19.2 Å². The Kier molecular flexibility index (Phi) is 8.47. The number of benzene rings is 2. The van der Waals surface area contributed by atoms with E-state index in [1.54, 1.807) is 5.41 Å². The first kappa shape index (κ1) is 26.2. The molecule has 0 radical (unpaired) electrons. The fourth-order valence-electron chi connectivity index (χ4n) is 4.17. The van der Waals surface area contributed by atoms with E-state index in [9.17, 15) is 19.2 Å². The Hall–Kier alpha value is -3.83. The van der Waals surface area contributed by atoms with Crippen LogP contribution in [-0.2, 0) is 23.9 Å². The lowest BCUT2D eigenvalue weighted by Crippen LogP contribution is -2.73. The lowest BCUT2D eigenvalue weighted by atomic mass is 9.97. The number of ether oxygens (including phenoxy) is 2. The number of carbonyl (C=O) groups is 4. The number of carbonyl (C=O) groups excluding carboxylic acids is 4. The third kappa shape index (κ3) is 5.62. The molecule has 2 aliphatic rings. The summed E-state index contributed by atoms with van der Waals surface area (Å²) < 4.78 is 11.4. The molecule has 1 unspecified atom stereocenters. The van der Waals surface area contributed by atoms with Gasteiger partial charge in [-0.15, -0.1) is 11.8 Å². The number of esters is 1. The molecule has 2 N–H and O–H groups in total. The molecule has 194 valence electrons. The number of β-lactam (4-membered cyclic amide) rings is 1. The van der Waals surface area contributed by atoms with Crippen LogP contribution in [0.1, 0.15) is 17.2 Å². The Morgan fingerprint density at radius 3 is 2.32 bits per heavy atom. The van der Waals surface area contributed by atoms with Crippen molar-refractivity contribution in [2.75, 3.05) is 26.8 Å². The molecule has 4 rings (SSSR count). The Morgan fingerprint density at radius 2 is 1.76 bits per heavy atom. The highest BCUT2D eigenvalue weighted by Crippen LogP contribution is 2.41. The van der Waals surface area contributed by atoms with E-state index in [0.29, 0.717) is 12.0 Å². The fraction of sp³-hybridized carbons (Fsp3) is 0.308. The standard InChI is InChI=1S/C26H27N3O7S/c1-28(12-13-30)26(34)35-14-19-15-37-24-20(27-16-31)23(32)29(24)21(19)25(33)36-22(17-8-4-2-5-9-17)18-10-6-3-7-11-18/h2-11,15-16,20-22,24,30H,12-14H2,1H3,(H,27,31)/t20-,21?,24-/m1/s1. The minimum absolute atomic E-state index is 0.0830. The largest absolute Gasteiger partial charge is 0.451 e. The summed E-state index contributed by atoms with van der Waals surface area (Å²) in [6.45, 7) is -0.404. The van der Waals surface area contributed by atoms with Crippen LogP contribution in [0.5, 0.6) is 0 Å². The first-order chi connectivity index (χ1) is 18.0. The monoisotopic (exact) mass is 525 g/mol. The molecule has 0 bridgehead atoms. The predicted molar refractivity (Wildman–Crippen MR) is 135 cm³/mol. The van der Waals surface area contributed by atoms with Gasteiger partial charge in [0.25, 0.3) is 0 Å². The van der Waals surface area contributed by atoms with Crippen molar-refractivity contribution >= 4 is 36.1 Å². The van der Waals surface area contributed by atoms with Crippen molar-refractivity contribution in [2.24, 2.45) is 0 Å². The summed E-state index contributed by atoms with van der Waals surface area (Å²) in [5, 5.41) is 12.7. The number of hydrogen-bond donors (Lipinski definition) is 2. The Morgan fingerprint density at radius 1 is 1.14 bits per heavy atom. The summed E-state index contributed by atoms with van der Waals surface area (Å²) in [5.41, 5.74) is 1.87. The van der Waals surface area contributed by atoms with Crippen molar-refractivity contribution in [2.45, 2.75) is 23.6 Å². The number of nitrogens with zero attached hydrogens (tertiary/aromatic N) is 2. The third-order valence-corrected chi connectivity index (χ3v) is 7.30. The van der Waals surface area contributed by atoms with Gasteiger partial charge in [0.05, 0.1) is 6.61 Å². The molecule has 1 fully saturated rings. The molecule has 2 heterocycles. The van der Waals surface area contributed by atoms with E-state index < -0.39 is 41.5 Å². The van der Waals surface area contributed by atoms with Gasteiger partial charge in [-0.05, 0) is 16.5 Å². The molecular formula is C26H27N3O7S. The maximum absolute atomic E-state index is 13.7. The summed E-state index contributed by atoms with van der Waals surface area (Å²) >= 11 is 1.24. The van der Waals surface area contributed by atoms with E-state index in [0.717, 1.165) is 11.1 Å². The van der Waals surface area contributed by atoms with Crippen LogP contribution in [0.2, 0.25) is 0 Å². The Bertz CT molecular complexity index is 1120. The molecule has 0 aliphatic carbocycles. The normalized spacial score (nSPS) is 20.3. The second kappa shape index (κ2) is 11.9. The van der Waals surface area contributed by atoms with E-state index in [1.165, 1.54) is 28.6 Å². The zero-order valence-corrected chi connectivity index (χ0v) is 20.9. The highest BCUT2D eigenvalue weighted by Gasteiger charge is 2.56. The van der Waals surface area contributed by atoms with Gasteiger partial charge in [-0.2, -0.15) is 0 Å². The molecule has 0 saturated carbocycles. The first-order valence-corrected chi connectivity index (χ1v) is 12.6.